The van der Waals surface area contributed by atoms with Crippen molar-refractivity contribution in [2.75, 3.05) is 18.0 Å². The largest absolute Gasteiger partial charge is 0.353 e. The van der Waals surface area contributed by atoms with Gasteiger partial charge in [-0.2, -0.15) is 0 Å². The molecule has 2 aromatic rings. The van der Waals surface area contributed by atoms with E-state index in [1.165, 1.54) is 34.5 Å². The summed E-state index contributed by atoms with van der Waals surface area (Å²) in [6.45, 7) is 3.84. The number of halogens is 1. The highest BCUT2D eigenvalue weighted by Gasteiger charge is 2.30. The van der Waals surface area contributed by atoms with Crippen LogP contribution in [0.5, 0.6) is 0 Å². The molecule has 128 valence electrons. The molecule has 0 spiro atoms. The Hall–Kier alpha value is -1.53. The summed E-state index contributed by atoms with van der Waals surface area (Å²) in [4.78, 5) is 12.5. The summed E-state index contributed by atoms with van der Waals surface area (Å²) in [6.07, 6.45) is 7.19. The van der Waals surface area contributed by atoms with Crippen LogP contribution >= 0.6 is 11.3 Å². The van der Waals surface area contributed by atoms with Gasteiger partial charge in [-0.15, -0.1) is 11.3 Å². The van der Waals surface area contributed by atoms with E-state index in [1.807, 2.05) is 11.3 Å². The van der Waals surface area contributed by atoms with Crippen LogP contribution in [-0.4, -0.2) is 29.1 Å². The fraction of sp³-hybridized carbons (Fsp3) is 0.556. The maximum absolute atomic E-state index is 13.9. The summed E-state index contributed by atoms with van der Waals surface area (Å²) in [6, 6.07) is 3.92. The summed E-state index contributed by atoms with van der Waals surface area (Å²) in [5.41, 5.74) is 1.30. The quantitative estimate of drug-likeness (QED) is 0.920. The molecule has 0 saturated carbocycles. The zero-order valence-electron chi connectivity index (χ0n) is 14.0. The standard InChI is InChI=1S/C18H23FN4S/c1-2-16-22-15-7-3-6-14(17(15)24-16)21-12-8-10-23(11-12)18-13(19)5-4-9-20-18/h4-5,9,12,14,21H,2-3,6-8,10-11H2,1H3. The van der Waals surface area contributed by atoms with E-state index >= 15 is 0 Å². The van der Waals surface area contributed by atoms with Crippen LogP contribution in [0.15, 0.2) is 18.3 Å². The molecule has 4 nitrogen and oxygen atoms in total. The van der Waals surface area contributed by atoms with Gasteiger partial charge < -0.3 is 10.2 Å². The topological polar surface area (TPSA) is 41.1 Å². The maximum Gasteiger partial charge on any atom is 0.165 e. The molecule has 0 bridgehead atoms. The van der Waals surface area contributed by atoms with E-state index in [0.717, 1.165) is 32.4 Å². The van der Waals surface area contributed by atoms with Crippen molar-refractivity contribution in [3.05, 3.63) is 39.7 Å². The molecule has 6 heteroatoms. The molecule has 2 aliphatic rings. The van der Waals surface area contributed by atoms with Crippen molar-refractivity contribution in [2.24, 2.45) is 0 Å². The molecule has 0 aromatic carbocycles. The Balaban J connectivity index is 1.44. The summed E-state index contributed by atoms with van der Waals surface area (Å²) in [5, 5.41) is 5.06. The van der Waals surface area contributed by atoms with Gasteiger partial charge in [-0.25, -0.2) is 14.4 Å². The van der Waals surface area contributed by atoms with Crippen molar-refractivity contribution >= 4 is 17.2 Å². The lowest BCUT2D eigenvalue weighted by Gasteiger charge is -2.26. The molecule has 3 heterocycles. The fourth-order valence-corrected chi connectivity index (χ4v) is 4.91. The van der Waals surface area contributed by atoms with Gasteiger partial charge in [-0.05, 0) is 44.2 Å². The number of nitrogens with zero attached hydrogens (tertiary/aromatic N) is 3. The summed E-state index contributed by atoms with van der Waals surface area (Å²) < 4.78 is 13.9. The second kappa shape index (κ2) is 6.76. The van der Waals surface area contributed by atoms with Crippen LogP contribution in [0.4, 0.5) is 10.2 Å². The molecule has 1 N–H and O–H groups in total. The smallest absolute Gasteiger partial charge is 0.165 e. The number of pyridine rings is 1. The van der Waals surface area contributed by atoms with Gasteiger partial charge in [-0.3, -0.25) is 0 Å². The first-order chi connectivity index (χ1) is 11.7. The highest BCUT2D eigenvalue weighted by molar-refractivity contribution is 7.11. The van der Waals surface area contributed by atoms with Gasteiger partial charge in [0.2, 0.25) is 0 Å². The number of anilines is 1. The number of rotatable bonds is 4. The minimum atomic E-state index is -0.229. The van der Waals surface area contributed by atoms with Crippen LogP contribution in [0.2, 0.25) is 0 Å². The van der Waals surface area contributed by atoms with Crippen molar-refractivity contribution in [2.45, 2.75) is 51.1 Å². The van der Waals surface area contributed by atoms with Crippen LogP contribution in [0.3, 0.4) is 0 Å². The van der Waals surface area contributed by atoms with Crippen LogP contribution in [0.25, 0.3) is 0 Å². The molecule has 1 fully saturated rings. The Morgan fingerprint density at radius 3 is 3.17 bits per heavy atom. The molecule has 2 unspecified atom stereocenters. The second-order valence-corrected chi connectivity index (χ2v) is 7.74. The number of hydrogen-bond donors (Lipinski definition) is 1. The maximum atomic E-state index is 13.9. The number of nitrogens with one attached hydrogen (secondary N) is 1. The molecule has 2 atom stereocenters. The molecular weight excluding hydrogens is 323 g/mol. The highest BCUT2D eigenvalue weighted by Crippen LogP contribution is 2.35. The lowest BCUT2D eigenvalue weighted by molar-refractivity contribution is 0.413. The third kappa shape index (κ3) is 3.05. The monoisotopic (exact) mass is 346 g/mol. The molecule has 1 aliphatic heterocycles. The Morgan fingerprint density at radius 2 is 2.33 bits per heavy atom. The first-order valence-electron chi connectivity index (χ1n) is 8.84. The normalized spacial score (nSPS) is 23.5. The van der Waals surface area contributed by atoms with Crippen molar-refractivity contribution in [3.8, 4) is 0 Å². The van der Waals surface area contributed by atoms with E-state index in [9.17, 15) is 4.39 Å². The van der Waals surface area contributed by atoms with Gasteiger partial charge in [0.1, 0.15) is 0 Å². The van der Waals surface area contributed by atoms with Crippen LogP contribution < -0.4 is 10.2 Å². The number of fused-ring (bicyclic) bond motifs is 1. The summed E-state index contributed by atoms with van der Waals surface area (Å²) >= 11 is 1.87. The molecule has 0 amide bonds. The third-order valence-corrected chi connectivity index (χ3v) is 6.32. The average Bonchev–Trinajstić information content (AvgIpc) is 3.22. The SMILES string of the molecule is CCc1nc2c(s1)C(NC1CCN(c3ncccc3F)C1)CCC2. The Bertz CT molecular complexity index is 717. The number of aromatic nitrogens is 2. The van der Waals surface area contributed by atoms with Crippen LogP contribution in [-0.2, 0) is 12.8 Å². The first-order valence-corrected chi connectivity index (χ1v) is 9.66. The predicted octanol–water partition coefficient (Wildman–Crippen LogP) is 3.49. The molecule has 2 aromatic heterocycles. The van der Waals surface area contributed by atoms with Crippen molar-refractivity contribution < 1.29 is 4.39 Å². The fourth-order valence-electron chi connectivity index (χ4n) is 3.76. The molecule has 0 radical (unpaired) electrons. The average molecular weight is 346 g/mol. The highest BCUT2D eigenvalue weighted by atomic mass is 32.1. The second-order valence-electron chi connectivity index (χ2n) is 6.62. The molecule has 24 heavy (non-hydrogen) atoms. The molecule has 4 rings (SSSR count). The van der Waals surface area contributed by atoms with E-state index in [2.05, 4.69) is 22.1 Å². The lowest BCUT2D eigenvalue weighted by Crippen LogP contribution is -2.36. The van der Waals surface area contributed by atoms with E-state index in [0.29, 0.717) is 17.9 Å². The van der Waals surface area contributed by atoms with Crippen molar-refractivity contribution in [1.29, 1.82) is 0 Å². The lowest BCUT2D eigenvalue weighted by atomic mass is 9.97. The minimum Gasteiger partial charge on any atom is -0.353 e. The first kappa shape index (κ1) is 16.0. The van der Waals surface area contributed by atoms with Crippen molar-refractivity contribution in [3.63, 3.8) is 0 Å². The Labute approximate surface area is 146 Å². The number of thiazole rings is 1. The van der Waals surface area contributed by atoms with Gasteiger partial charge in [0.05, 0.1) is 10.7 Å². The summed E-state index contributed by atoms with van der Waals surface area (Å²) in [7, 11) is 0. The van der Waals surface area contributed by atoms with E-state index < -0.39 is 0 Å². The Kier molecular flexibility index (Phi) is 4.50. The van der Waals surface area contributed by atoms with Gasteiger partial charge in [0.25, 0.3) is 0 Å². The summed E-state index contributed by atoms with van der Waals surface area (Å²) in [5.74, 6) is 0.255. The predicted molar refractivity (Wildman–Crippen MR) is 95.1 cm³/mol. The molecular formula is C18H23FN4S. The van der Waals surface area contributed by atoms with Crippen LogP contribution in [0.1, 0.15) is 47.8 Å². The van der Waals surface area contributed by atoms with Crippen LogP contribution in [0, 0.1) is 5.82 Å². The minimum absolute atomic E-state index is 0.229. The molecule has 1 aliphatic carbocycles. The van der Waals surface area contributed by atoms with Gasteiger partial charge in [-0.1, -0.05) is 6.92 Å². The van der Waals surface area contributed by atoms with Gasteiger partial charge in [0.15, 0.2) is 11.6 Å². The number of aryl methyl sites for hydroxylation is 2. The van der Waals surface area contributed by atoms with Gasteiger partial charge in [0, 0.05) is 36.2 Å². The number of hydrogen-bond acceptors (Lipinski definition) is 5. The van der Waals surface area contributed by atoms with E-state index in [-0.39, 0.29) is 5.82 Å². The Morgan fingerprint density at radius 1 is 1.42 bits per heavy atom. The van der Waals surface area contributed by atoms with E-state index in [4.69, 9.17) is 4.98 Å². The van der Waals surface area contributed by atoms with Crippen molar-refractivity contribution in [1.82, 2.24) is 15.3 Å². The van der Waals surface area contributed by atoms with Gasteiger partial charge >= 0.3 is 0 Å². The third-order valence-electron chi connectivity index (χ3n) is 4.96. The zero-order valence-corrected chi connectivity index (χ0v) is 14.8. The zero-order chi connectivity index (χ0) is 16.5. The van der Waals surface area contributed by atoms with E-state index in [1.54, 1.807) is 12.3 Å². The molecule has 1 saturated heterocycles.